The van der Waals surface area contributed by atoms with E-state index in [-0.39, 0.29) is 17.5 Å². The highest BCUT2D eigenvalue weighted by Crippen LogP contribution is 2.32. The number of hydrogen-bond acceptors (Lipinski definition) is 3. The van der Waals surface area contributed by atoms with Crippen LogP contribution in [-0.4, -0.2) is 21.6 Å². The average Bonchev–Trinajstić information content (AvgIpc) is 3.46. The van der Waals surface area contributed by atoms with Crippen molar-refractivity contribution >= 4 is 34.2 Å². The molecule has 1 aromatic heterocycles. The summed E-state index contributed by atoms with van der Waals surface area (Å²) in [6, 6.07) is 40.9. The maximum atomic E-state index is 13.8. The Kier molecular flexibility index (Phi) is 7.74. The summed E-state index contributed by atoms with van der Waals surface area (Å²) in [7, 11) is 0. The summed E-state index contributed by atoms with van der Waals surface area (Å²) in [4.78, 5) is 25.0. The molecule has 6 nitrogen and oxygen atoms in total. The number of hydrogen-bond donors (Lipinski definition) is 3. The van der Waals surface area contributed by atoms with Crippen LogP contribution in [0.3, 0.4) is 0 Å². The second-order valence-corrected chi connectivity index (χ2v) is 10.5. The zero-order valence-electron chi connectivity index (χ0n) is 23.7. The average molecular weight is 566 g/mol. The van der Waals surface area contributed by atoms with Crippen molar-refractivity contribution in [1.82, 2.24) is 9.88 Å². The lowest BCUT2D eigenvalue weighted by atomic mass is 10.0. The number of anilines is 2. The lowest BCUT2D eigenvalue weighted by Crippen LogP contribution is -2.27. The first-order valence-corrected chi connectivity index (χ1v) is 14.2. The quantitative estimate of drug-likeness (QED) is 0.165. The third-order valence-electron chi connectivity index (χ3n) is 7.64. The summed E-state index contributed by atoms with van der Waals surface area (Å²) in [5.74, 6) is -1.18. The van der Waals surface area contributed by atoms with Crippen molar-refractivity contribution in [3.8, 4) is 11.1 Å². The summed E-state index contributed by atoms with van der Waals surface area (Å²) in [6.07, 6.45) is 2.02. The molecular formula is C37H31N3O3. The lowest BCUT2D eigenvalue weighted by molar-refractivity contribution is 0.0696. The molecular weight excluding hydrogens is 534 g/mol. The molecule has 212 valence electrons. The molecule has 0 unspecified atom stereocenters. The Bertz CT molecular complexity index is 1880. The number of nitrogens with zero attached hydrogens (tertiary/aromatic N) is 1. The van der Waals surface area contributed by atoms with E-state index in [1.54, 1.807) is 24.3 Å². The number of para-hydroxylation sites is 1. The van der Waals surface area contributed by atoms with Crippen molar-refractivity contribution in [1.29, 1.82) is 0 Å². The van der Waals surface area contributed by atoms with E-state index in [0.717, 1.165) is 39.0 Å². The molecule has 0 aliphatic carbocycles. The van der Waals surface area contributed by atoms with Gasteiger partial charge in [0.05, 0.1) is 22.7 Å². The number of fused-ring (bicyclic) bond motifs is 1. The van der Waals surface area contributed by atoms with Crippen molar-refractivity contribution in [3.05, 3.63) is 156 Å². The topological polar surface area (TPSA) is 83.4 Å². The van der Waals surface area contributed by atoms with Crippen molar-refractivity contribution in [2.45, 2.75) is 19.5 Å². The summed E-state index contributed by atoms with van der Waals surface area (Å²) in [6.45, 7) is 2.49. The molecule has 0 aliphatic heterocycles. The molecule has 0 fully saturated rings. The summed E-state index contributed by atoms with van der Waals surface area (Å²) in [5.41, 5.74) is 7.75. The van der Waals surface area contributed by atoms with Crippen LogP contribution in [0.25, 0.3) is 22.0 Å². The van der Waals surface area contributed by atoms with E-state index in [1.807, 2.05) is 79.9 Å². The van der Waals surface area contributed by atoms with Gasteiger partial charge in [-0.15, -0.1) is 0 Å². The van der Waals surface area contributed by atoms with E-state index in [9.17, 15) is 14.7 Å². The molecule has 0 radical (unpaired) electrons. The van der Waals surface area contributed by atoms with Crippen LogP contribution in [0.4, 0.5) is 11.4 Å². The molecule has 0 bridgehead atoms. The Morgan fingerprint density at radius 3 is 2.07 bits per heavy atom. The van der Waals surface area contributed by atoms with E-state index in [2.05, 4.69) is 51.6 Å². The number of carboxylic acid groups (broad SMARTS) is 1. The Morgan fingerprint density at radius 2 is 1.40 bits per heavy atom. The third kappa shape index (κ3) is 6.04. The molecule has 1 amide bonds. The second-order valence-electron chi connectivity index (χ2n) is 10.5. The van der Waals surface area contributed by atoms with Gasteiger partial charge < -0.3 is 20.3 Å². The van der Waals surface area contributed by atoms with Crippen LogP contribution >= 0.6 is 0 Å². The molecule has 43 heavy (non-hydrogen) atoms. The summed E-state index contributed by atoms with van der Waals surface area (Å²) < 4.78 is 2.12. The highest BCUT2D eigenvalue weighted by Gasteiger charge is 2.19. The van der Waals surface area contributed by atoms with Crippen LogP contribution in [0.15, 0.2) is 134 Å². The smallest absolute Gasteiger partial charge is 0.335 e. The molecule has 0 saturated carbocycles. The van der Waals surface area contributed by atoms with Gasteiger partial charge in [-0.1, -0.05) is 84.9 Å². The van der Waals surface area contributed by atoms with Crippen molar-refractivity contribution in [2.24, 2.45) is 0 Å². The zero-order chi connectivity index (χ0) is 29.8. The molecule has 1 atom stereocenters. The Labute approximate surface area is 250 Å². The second kappa shape index (κ2) is 12.1. The van der Waals surface area contributed by atoms with E-state index < -0.39 is 5.97 Å². The number of nitrogens with one attached hydrogen (secondary N) is 2. The molecule has 6 heteroatoms. The van der Waals surface area contributed by atoms with E-state index >= 15 is 0 Å². The molecule has 0 aliphatic rings. The summed E-state index contributed by atoms with van der Waals surface area (Å²) >= 11 is 0. The standard InChI is InChI=1S/C37H31N3O3/c1-25(27-16-18-30(19-17-27)37(42)43)38-36(41)33-20-21-34(39-31-10-6-3-7-11-31)32-22-23-40(35(32)33)24-26-12-14-29(15-13-26)28-8-4-2-5-9-28/h2-23,25,39H,24H2,1H3,(H,38,41)(H,42,43)/t25-/m0/s1. The van der Waals surface area contributed by atoms with Crippen molar-refractivity contribution < 1.29 is 14.7 Å². The Hall–Kier alpha value is -5.62. The first-order chi connectivity index (χ1) is 21.0. The molecule has 0 spiro atoms. The van der Waals surface area contributed by atoms with Gasteiger partial charge in [-0.2, -0.15) is 0 Å². The number of carbonyl (C=O) groups excluding carboxylic acids is 1. The lowest BCUT2D eigenvalue weighted by Gasteiger charge is -2.17. The van der Waals surface area contributed by atoms with Gasteiger partial charge in [-0.25, -0.2) is 4.79 Å². The van der Waals surface area contributed by atoms with Gasteiger partial charge in [0, 0.05) is 29.5 Å². The van der Waals surface area contributed by atoms with Gasteiger partial charge >= 0.3 is 5.97 Å². The first kappa shape index (κ1) is 27.5. The van der Waals surface area contributed by atoms with Crippen LogP contribution in [-0.2, 0) is 6.54 Å². The molecule has 6 rings (SSSR count). The highest BCUT2D eigenvalue weighted by atomic mass is 16.4. The maximum Gasteiger partial charge on any atom is 0.335 e. The van der Waals surface area contributed by atoms with Crippen LogP contribution in [0.1, 0.15) is 44.8 Å². The number of rotatable bonds is 9. The number of aromatic nitrogens is 1. The minimum Gasteiger partial charge on any atom is -0.478 e. The number of aromatic carboxylic acids is 1. The normalized spacial score (nSPS) is 11.7. The van der Waals surface area contributed by atoms with Gasteiger partial charge in [0.2, 0.25) is 0 Å². The van der Waals surface area contributed by atoms with Crippen LogP contribution in [0.2, 0.25) is 0 Å². The summed E-state index contributed by atoms with van der Waals surface area (Å²) in [5, 5.41) is 16.8. The van der Waals surface area contributed by atoms with Crippen LogP contribution in [0.5, 0.6) is 0 Å². The number of carbonyl (C=O) groups is 2. The van der Waals surface area contributed by atoms with Gasteiger partial charge in [0.25, 0.3) is 5.91 Å². The molecule has 3 N–H and O–H groups in total. The fourth-order valence-electron chi connectivity index (χ4n) is 5.33. The zero-order valence-corrected chi connectivity index (χ0v) is 23.7. The molecule has 5 aromatic carbocycles. The van der Waals surface area contributed by atoms with Gasteiger partial charge in [0.1, 0.15) is 0 Å². The van der Waals surface area contributed by atoms with E-state index in [0.29, 0.717) is 12.1 Å². The maximum absolute atomic E-state index is 13.8. The number of benzene rings is 5. The van der Waals surface area contributed by atoms with Gasteiger partial charge in [-0.3, -0.25) is 4.79 Å². The Balaban J connectivity index is 1.33. The molecule has 1 heterocycles. The minimum atomic E-state index is -0.981. The number of carboxylic acids is 1. The van der Waals surface area contributed by atoms with Crippen LogP contribution in [0, 0.1) is 0 Å². The predicted molar refractivity (Wildman–Crippen MR) is 172 cm³/mol. The fourth-order valence-corrected chi connectivity index (χ4v) is 5.33. The van der Waals surface area contributed by atoms with Crippen molar-refractivity contribution in [3.63, 3.8) is 0 Å². The third-order valence-corrected chi connectivity index (χ3v) is 7.64. The predicted octanol–water partition coefficient (Wildman–Crippen LogP) is 8.29. The van der Waals surface area contributed by atoms with Gasteiger partial charge in [0.15, 0.2) is 0 Å². The largest absolute Gasteiger partial charge is 0.478 e. The van der Waals surface area contributed by atoms with Crippen molar-refractivity contribution in [2.75, 3.05) is 5.32 Å². The SMILES string of the molecule is C[C@H](NC(=O)c1ccc(Nc2ccccc2)c2ccn(Cc3ccc(-c4ccccc4)cc3)c12)c1ccc(C(=O)O)cc1. The highest BCUT2D eigenvalue weighted by molar-refractivity contribution is 6.10. The van der Waals surface area contributed by atoms with E-state index in [4.69, 9.17) is 0 Å². The van der Waals surface area contributed by atoms with E-state index in [1.165, 1.54) is 5.56 Å². The number of amides is 1. The molecule has 6 aromatic rings. The monoisotopic (exact) mass is 565 g/mol. The first-order valence-electron chi connectivity index (χ1n) is 14.2. The minimum absolute atomic E-state index is 0.203. The Morgan fingerprint density at radius 1 is 0.744 bits per heavy atom. The van der Waals surface area contributed by atoms with Gasteiger partial charge in [-0.05, 0) is 71.6 Å². The molecule has 0 saturated heterocycles. The van der Waals surface area contributed by atoms with Crippen LogP contribution < -0.4 is 10.6 Å². The fraction of sp³-hybridized carbons (Fsp3) is 0.0811.